The SMILES string of the molecule is CON=C(C(=O)O)C1=CC=CCC1=COc1ccccc1. The van der Waals surface area contributed by atoms with Crippen molar-refractivity contribution < 1.29 is 19.5 Å². The van der Waals surface area contributed by atoms with E-state index in [-0.39, 0.29) is 5.71 Å². The molecule has 1 aliphatic rings. The summed E-state index contributed by atoms with van der Waals surface area (Å²) in [6.07, 6.45) is 7.47. The lowest BCUT2D eigenvalue weighted by molar-refractivity contribution is -0.129. The van der Waals surface area contributed by atoms with Gasteiger partial charge in [-0.15, -0.1) is 0 Å². The number of aliphatic carboxylic acids is 1. The number of hydrogen-bond acceptors (Lipinski definition) is 4. The lowest BCUT2D eigenvalue weighted by Gasteiger charge is -2.13. The van der Waals surface area contributed by atoms with E-state index < -0.39 is 5.97 Å². The van der Waals surface area contributed by atoms with Crippen molar-refractivity contribution in [3.8, 4) is 5.75 Å². The molecule has 0 spiro atoms. The predicted molar refractivity (Wildman–Crippen MR) is 79.1 cm³/mol. The molecule has 0 saturated carbocycles. The van der Waals surface area contributed by atoms with Crippen LogP contribution in [0.2, 0.25) is 0 Å². The second-order valence-electron chi connectivity index (χ2n) is 4.21. The van der Waals surface area contributed by atoms with Gasteiger partial charge in [-0.3, -0.25) is 0 Å². The molecule has 1 N–H and O–H groups in total. The summed E-state index contributed by atoms with van der Waals surface area (Å²) < 4.78 is 5.56. The Kier molecular flexibility index (Phi) is 4.93. The molecule has 5 nitrogen and oxygen atoms in total. The number of oxime groups is 1. The zero-order valence-corrected chi connectivity index (χ0v) is 11.5. The Hall–Kier alpha value is -2.82. The second-order valence-corrected chi connectivity index (χ2v) is 4.21. The monoisotopic (exact) mass is 285 g/mol. The summed E-state index contributed by atoms with van der Waals surface area (Å²) in [5.41, 5.74) is 1.05. The van der Waals surface area contributed by atoms with E-state index in [0.29, 0.717) is 17.7 Å². The molecule has 1 aliphatic carbocycles. The van der Waals surface area contributed by atoms with Gasteiger partial charge in [0, 0.05) is 11.1 Å². The highest BCUT2D eigenvalue weighted by Crippen LogP contribution is 2.22. The Morgan fingerprint density at radius 2 is 2.10 bits per heavy atom. The molecule has 1 aromatic rings. The van der Waals surface area contributed by atoms with Crippen LogP contribution in [0.1, 0.15) is 6.42 Å². The standard InChI is InChI=1S/C16H15NO4/c1-20-17-15(16(18)19)14-10-6-5-7-12(14)11-21-13-8-3-2-4-9-13/h2-6,8-11H,7H2,1H3,(H,18,19). The largest absolute Gasteiger partial charge is 0.476 e. The highest BCUT2D eigenvalue weighted by molar-refractivity contribution is 6.43. The smallest absolute Gasteiger partial charge is 0.358 e. The number of carboxylic acids is 1. The van der Waals surface area contributed by atoms with Crippen molar-refractivity contribution in [2.24, 2.45) is 5.16 Å². The summed E-state index contributed by atoms with van der Waals surface area (Å²) in [5, 5.41) is 12.8. The first kappa shape index (κ1) is 14.6. The third kappa shape index (κ3) is 3.82. The highest BCUT2D eigenvalue weighted by atomic mass is 16.6. The molecule has 1 aromatic carbocycles. The van der Waals surface area contributed by atoms with E-state index in [1.165, 1.54) is 7.11 Å². The lowest BCUT2D eigenvalue weighted by Crippen LogP contribution is -2.18. The van der Waals surface area contributed by atoms with E-state index in [4.69, 9.17) is 4.74 Å². The van der Waals surface area contributed by atoms with Crippen LogP contribution in [0.5, 0.6) is 5.75 Å². The summed E-state index contributed by atoms with van der Waals surface area (Å²) in [7, 11) is 1.31. The van der Waals surface area contributed by atoms with Crippen LogP contribution in [0.4, 0.5) is 0 Å². The van der Waals surface area contributed by atoms with Crippen molar-refractivity contribution in [3.63, 3.8) is 0 Å². The molecule has 21 heavy (non-hydrogen) atoms. The van der Waals surface area contributed by atoms with Crippen LogP contribution in [0, 0.1) is 0 Å². The Labute approximate surface area is 122 Å². The minimum Gasteiger partial charge on any atom is -0.476 e. The Balaban J connectivity index is 2.26. The summed E-state index contributed by atoms with van der Waals surface area (Å²) >= 11 is 0. The average Bonchev–Trinajstić information content (AvgIpc) is 2.52. The second kappa shape index (κ2) is 7.09. The topological polar surface area (TPSA) is 68.1 Å². The third-order valence-electron chi connectivity index (χ3n) is 2.80. The van der Waals surface area contributed by atoms with E-state index in [0.717, 1.165) is 5.57 Å². The molecule has 0 aliphatic heterocycles. The van der Waals surface area contributed by atoms with Crippen LogP contribution in [0.15, 0.2) is 71.1 Å². The summed E-state index contributed by atoms with van der Waals surface area (Å²) in [6, 6.07) is 9.25. The molecule has 108 valence electrons. The Morgan fingerprint density at radius 1 is 1.33 bits per heavy atom. The minimum absolute atomic E-state index is 0.148. The molecule has 0 fully saturated rings. The first-order valence-corrected chi connectivity index (χ1v) is 6.35. The van der Waals surface area contributed by atoms with Gasteiger partial charge in [0.1, 0.15) is 12.9 Å². The van der Waals surface area contributed by atoms with E-state index in [9.17, 15) is 9.90 Å². The first-order chi connectivity index (χ1) is 10.2. The molecule has 5 heteroatoms. The molecule has 0 bridgehead atoms. The van der Waals surface area contributed by atoms with Crippen molar-refractivity contribution in [2.75, 3.05) is 7.11 Å². The van der Waals surface area contributed by atoms with Crippen LogP contribution < -0.4 is 4.74 Å². The van der Waals surface area contributed by atoms with Crippen molar-refractivity contribution >= 4 is 11.7 Å². The number of ether oxygens (including phenoxy) is 1. The highest BCUT2D eigenvalue weighted by Gasteiger charge is 2.21. The quantitative estimate of drug-likeness (QED) is 0.513. The van der Waals surface area contributed by atoms with Gasteiger partial charge >= 0.3 is 5.97 Å². The molecule has 0 aromatic heterocycles. The molecule has 0 heterocycles. The van der Waals surface area contributed by atoms with Gasteiger partial charge < -0.3 is 14.7 Å². The van der Waals surface area contributed by atoms with Crippen LogP contribution >= 0.6 is 0 Å². The number of rotatable bonds is 5. The van der Waals surface area contributed by atoms with E-state index in [1.54, 1.807) is 18.4 Å². The maximum Gasteiger partial charge on any atom is 0.358 e. The Morgan fingerprint density at radius 3 is 2.76 bits per heavy atom. The Bertz CT molecular complexity index is 627. The molecular formula is C16H15NO4. The van der Waals surface area contributed by atoms with Gasteiger partial charge in [-0.1, -0.05) is 41.6 Å². The number of carbonyl (C=O) groups is 1. The van der Waals surface area contributed by atoms with Gasteiger partial charge in [0.05, 0.1) is 6.26 Å². The number of benzene rings is 1. The van der Waals surface area contributed by atoms with Crippen molar-refractivity contribution in [1.29, 1.82) is 0 Å². The minimum atomic E-state index is -1.15. The van der Waals surface area contributed by atoms with Crippen LogP contribution in [0.3, 0.4) is 0 Å². The van der Waals surface area contributed by atoms with E-state index in [1.807, 2.05) is 36.4 Å². The summed E-state index contributed by atoms with van der Waals surface area (Å²) in [5.74, 6) is -0.469. The number of nitrogens with zero attached hydrogens (tertiary/aromatic N) is 1. The van der Waals surface area contributed by atoms with E-state index >= 15 is 0 Å². The maximum absolute atomic E-state index is 11.3. The fourth-order valence-corrected chi connectivity index (χ4v) is 1.85. The zero-order chi connectivity index (χ0) is 15.1. The number of hydrogen-bond donors (Lipinski definition) is 1. The molecular weight excluding hydrogens is 270 g/mol. The normalized spacial score (nSPS) is 16.5. The molecule has 0 saturated heterocycles. The van der Waals surface area contributed by atoms with Crippen LogP contribution in [-0.2, 0) is 9.63 Å². The third-order valence-corrected chi connectivity index (χ3v) is 2.80. The summed E-state index contributed by atoms with van der Waals surface area (Å²) in [6.45, 7) is 0. The number of carboxylic acid groups (broad SMARTS) is 1. The first-order valence-electron chi connectivity index (χ1n) is 6.35. The zero-order valence-electron chi connectivity index (χ0n) is 11.5. The van der Waals surface area contributed by atoms with Crippen LogP contribution in [-0.4, -0.2) is 23.9 Å². The van der Waals surface area contributed by atoms with Gasteiger partial charge in [-0.05, 0) is 18.6 Å². The van der Waals surface area contributed by atoms with E-state index in [2.05, 4.69) is 9.99 Å². The van der Waals surface area contributed by atoms with Crippen LogP contribution in [0.25, 0.3) is 0 Å². The molecule has 0 atom stereocenters. The van der Waals surface area contributed by atoms with Gasteiger partial charge in [0.2, 0.25) is 0 Å². The average molecular weight is 285 g/mol. The lowest BCUT2D eigenvalue weighted by atomic mass is 9.95. The van der Waals surface area contributed by atoms with Crippen molar-refractivity contribution in [3.05, 3.63) is 66.0 Å². The number of para-hydroxylation sites is 1. The number of allylic oxidation sites excluding steroid dienone is 4. The predicted octanol–water partition coefficient (Wildman–Crippen LogP) is 2.92. The van der Waals surface area contributed by atoms with Gasteiger partial charge in [-0.2, -0.15) is 0 Å². The molecule has 0 amide bonds. The molecule has 0 unspecified atom stereocenters. The fourth-order valence-electron chi connectivity index (χ4n) is 1.85. The molecule has 2 rings (SSSR count). The van der Waals surface area contributed by atoms with Gasteiger partial charge in [-0.25, -0.2) is 4.79 Å². The van der Waals surface area contributed by atoms with Crippen molar-refractivity contribution in [2.45, 2.75) is 6.42 Å². The molecule has 0 radical (unpaired) electrons. The van der Waals surface area contributed by atoms with Gasteiger partial charge in [0.25, 0.3) is 0 Å². The maximum atomic E-state index is 11.3. The van der Waals surface area contributed by atoms with Gasteiger partial charge in [0.15, 0.2) is 5.71 Å². The van der Waals surface area contributed by atoms with Crippen molar-refractivity contribution in [1.82, 2.24) is 0 Å². The fraction of sp³-hybridized carbons (Fsp3) is 0.125. The summed E-state index contributed by atoms with van der Waals surface area (Å²) in [4.78, 5) is 15.9.